The predicted molar refractivity (Wildman–Crippen MR) is 122 cm³/mol. The van der Waals surface area contributed by atoms with Crippen molar-refractivity contribution in [1.82, 2.24) is 15.0 Å². The SMILES string of the molecule is Cc1c(-c2noc(-c3ccc(OC(C)C)c(C#N)c3)n2)ccc2c1CCN(CC(O)CO)C2. The summed E-state index contributed by atoms with van der Waals surface area (Å²) in [4.78, 5) is 6.74. The molecule has 0 fully saturated rings. The number of benzene rings is 2. The van der Waals surface area contributed by atoms with Crippen molar-refractivity contribution in [3.05, 3.63) is 52.6 Å². The van der Waals surface area contributed by atoms with Gasteiger partial charge in [0.15, 0.2) is 0 Å². The van der Waals surface area contributed by atoms with Crippen molar-refractivity contribution in [3.8, 4) is 34.7 Å². The molecule has 2 N–H and O–H groups in total. The molecule has 33 heavy (non-hydrogen) atoms. The van der Waals surface area contributed by atoms with Crippen LogP contribution in [0.25, 0.3) is 22.8 Å². The topological polar surface area (TPSA) is 116 Å². The normalized spacial score (nSPS) is 14.7. The van der Waals surface area contributed by atoms with Gasteiger partial charge >= 0.3 is 0 Å². The molecule has 1 aliphatic heterocycles. The quantitative estimate of drug-likeness (QED) is 0.567. The summed E-state index contributed by atoms with van der Waals surface area (Å²) in [5.41, 5.74) is 5.57. The molecule has 0 radical (unpaired) electrons. The third kappa shape index (κ3) is 4.91. The van der Waals surface area contributed by atoms with Crippen molar-refractivity contribution in [2.24, 2.45) is 0 Å². The van der Waals surface area contributed by atoms with E-state index in [1.165, 1.54) is 11.1 Å². The molecule has 3 aromatic rings. The average molecular weight is 449 g/mol. The van der Waals surface area contributed by atoms with Crippen LogP contribution in [0.1, 0.15) is 36.1 Å². The van der Waals surface area contributed by atoms with E-state index in [2.05, 4.69) is 34.1 Å². The fraction of sp³-hybridized carbons (Fsp3) is 0.400. The highest BCUT2D eigenvalue weighted by Crippen LogP contribution is 2.32. The van der Waals surface area contributed by atoms with E-state index < -0.39 is 6.10 Å². The summed E-state index contributed by atoms with van der Waals surface area (Å²) < 4.78 is 11.2. The van der Waals surface area contributed by atoms with Gasteiger partial charge in [0, 0.05) is 30.8 Å². The van der Waals surface area contributed by atoms with Gasteiger partial charge in [-0.3, -0.25) is 4.90 Å². The lowest BCUT2D eigenvalue weighted by atomic mass is 9.91. The fourth-order valence-corrected chi connectivity index (χ4v) is 4.21. The van der Waals surface area contributed by atoms with Crippen LogP contribution in [0.2, 0.25) is 0 Å². The number of β-amino-alcohol motifs (C(OH)–C–C–N with tert-alkyl or cyclic N) is 1. The van der Waals surface area contributed by atoms with Gasteiger partial charge in [-0.15, -0.1) is 0 Å². The highest BCUT2D eigenvalue weighted by molar-refractivity contribution is 5.66. The number of ether oxygens (including phenoxy) is 1. The van der Waals surface area contributed by atoms with Crippen LogP contribution in [0.3, 0.4) is 0 Å². The van der Waals surface area contributed by atoms with Crippen LogP contribution in [0, 0.1) is 18.3 Å². The number of hydrogen-bond donors (Lipinski definition) is 2. The van der Waals surface area contributed by atoms with Crippen LogP contribution in [0.15, 0.2) is 34.9 Å². The number of rotatable bonds is 7. The molecule has 8 nitrogen and oxygen atoms in total. The lowest BCUT2D eigenvalue weighted by molar-refractivity contribution is 0.0551. The smallest absolute Gasteiger partial charge is 0.258 e. The number of aromatic nitrogens is 2. The van der Waals surface area contributed by atoms with Gasteiger partial charge in [0.2, 0.25) is 5.82 Å². The van der Waals surface area contributed by atoms with Gasteiger partial charge < -0.3 is 19.5 Å². The monoisotopic (exact) mass is 448 g/mol. The Morgan fingerprint density at radius 2 is 2.09 bits per heavy atom. The third-order valence-corrected chi connectivity index (χ3v) is 5.82. The first kappa shape index (κ1) is 22.9. The molecule has 1 atom stereocenters. The van der Waals surface area contributed by atoms with Crippen molar-refractivity contribution in [2.45, 2.75) is 45.9 Å². The van der Waals surface area contributed by atoms with Gasteiger partial charge in [0.05, 0.1) is 24.4 Å². The Morgan fingerprint density at radius 1 is 1.27 bits per heavy atom. The maximum atomic E-state index is 9.74. The van der Waals surface area contributed by atoms with Gasteiger partial charge in [-0.05, 0) is 62.1 Å². The second kappa shape index (κ2) is 9.71. The second-order valence-corrected chi connectivity index (χ2v) is 8.61. The standard InChI is InChI=1S/C25H28N4O4/c1-15(2)32-23-7-5-17(10-19(23)11-26)25-27-24(28-33-25)22-6-4-18-12-29(13-20(31)14-30)9-8-21(18)16(22)3/h4-7,10,15,20,30-31H,8-9,12-14H2,1-3H3. The zero-order valence-corrected chi connectivity index (χ0v) is 19.1. The molecule has 172 valence electrons. The molecule has 1 aromatic heterocycles. The molecule has 0 saturated heterocycles. The summed E-state index contributed by atoms with van der Waals surface area (Å²) in [5, 5.41) is 32.5. The maximum Gasteiger partial charge on any atom is 0.258 e. The second-order valence-electron chi connectivity index (χ2n) is 8.61. The van der Waals surface area contributed by atoms with Crippen LogP contribution in [-0.4, -0.2) is 57.2 Å². The van der Waals surface area contributed by atoms with Crippen molar-refractivity contribution < 1.29 is 19.5 Å². The molecule has 4 rings (SSSR count). The Kier molecular flexibility index (Phi) is 6.75. The van der Waals surface area contributed by atoms with E-state index in [0.717, 1.165) is 30.6 Å². The Balaban J connectivity index is 1.58. The third-order valence-electron chi connectivity index (χ3n) is 5.82. The van der Waals surface area contributed by atoms with E-state index >= 15 is 0 Å². The molecule has 2 heterocycles. The number of hydrogen-bond acceptors (Lipinski definition) is 8. The maximum absolute atomic E-state index is 9.74. The summed E-state index contributed by atoms with van der Waals surface area (Å²) in [6.07, 6.45) is 0.0924. The van der Waals surface area contributed by atoms with E-state index in [1.54, 1.807) is 12.1 Å². The van der Waals surface area contributed by atoms with Gasteiger partial charge in [-0.1, -0.05) is 17.3 Å². The van der Waals surface area contributed by atoms with Gasteiger partial charge in [0.25, 0.3) is 5.89 Å². The molecule has 0 spiro atoms. The number of aliphatic hydroxyl groups excluding tert-OH is 2. The largest absolute Gasteiger partial charge is 0.490 e. The summed E-state index contributed by atoms with van der Waals surface area (Å²) in [6, 6.07) is 11.5. The zero-order chi connectivity index (χ0) is 23.5. The lowest BCUT2D eigenvalue weighted by Gasteiger charge is -2.31. The van der Waals surface area contributed by atoms with Crippen molar-refractivity contribution in [2.75, 3.05) is 19.7 Å². The van der Waals surface area contributed by atoms with Crippen molar-refractivity contribution >= 4 is 0 Å². The summed E-state index contributed by atoms with van der Waals surface area (Å²) in [5.74, 6) is 1.38. The molecule has 0 bridgehead atoms. The van der Waals surface area contributed by atoms with Crippen molar-refractivity contribution in [1.29, 1.82) is 5.26 Å². The van der Waals surface area contributed by atoms with E-state index in [9.17, 15) is 10.4 Å². The minimum atomic E-state index is -0.725. The Labute approximate surface area is 193 Å². The molecule has 1 aliphatic rings. The summed E-state index contributed by atoms with van der Waals surface area (Å²) in [6.45, 7) is 7.66. The lowest BCUT2D eigenvalue weighted by Crippen LogP contribution is -2.38. The van der Waals surface area contributed by atoms with Gasteiger partial charge in [-0.25, -0.2) is 0 Å². The van der Waals surface area contributed by atoms with Gasteiger partial charge in [-0.2, -0.15) is 10.2 Å². The van der Waals surface area contributed by atoms with E-state index in [-0.39, 0.29) is 12.7 Å². The van der Waals surface area contributed by atoms with Gasteiger partial charge in [0.1, 0.15) is 11.8 Å². The Hall–Kier alpha value is -3.25. The van der Waals surface area contributed by atoms with Crippen LogP contribution in [0.4, 0.5) is 0 Å². The minimum absolute atomic E-state index is 0.0308. The summed E-state index contributed by atoms with van der Waals surface area (Å²) >= 11 is 0. The zero-order valence-electron chi connectivity index (χ0n) is 19.1. The molecule has 0 saturated carbocycles. The first-order valence-corrected chi connectivity index (χ1v) is 11.1. The predicted octanol–water partition coefficient (Wildman–Crippen LogP) is 3.08. The molecule has 0 amide bonds. The highest BCUT2D eigenvalue weighted by Gasteiger charge is 2.23. The average Bonchev–Trinajstić information content (AvgIpc) is 3.29. The molecular weight excluding hydrogens is 420 g/mol. The Morgan fingerprint density at radius 3 is 2.82 bits per heavy atom. The number of nitrogens with zero attached hydrogens (tertiary/aromatic N) is 4. The molecule has 8 heteroatoms. The van der Waals surface area contributed by atoms with E-state index in [1.807, 2.05) is 26.0 Å². The molecule has 0 aliphatic carbocycles. The number of fused-ring (bicyclic) bond motifs is 1. The van der Waals surface area contributed by atoms with E-state index in [4.69, 9.17) is 14.4 Å². The van der Waals surface area contributed by atoms with Crippen LogP contribution in [-0.2, 0) is 13.0 Å². The first-order chi connectivity index (χ1) is 15.9. The number of nitriles is 1. The van der Waals surface area contributed by atoms with Crippen LogP contribution < -0.4 is 4.74 Å². The fourth-order valence-electron chi connectivity index (χ4n) is 4.21. The molecule has 2 aromatic carbocycles. The first-order valence-electron chi connectivity index (χ1n) is 11.1. The summed E-state index contributed by atoms with van der Waals surface area (Å²) in [7, 11) is 0. The minimum Gasteiger partial charge on any atom is -0.490 e. The van der Waals surface area contributed by atoms with Crippen LogP contribution >= 0.6 is 0 Å². The number of aliphatic hydroxyl groups is 2. The molecule has 1 unspecified atom stereocenters. The highest BCUT2D eigenvalue weighted by atomic mass is 16.5. The Bertz CT molecular complexity index is 1180. The van der Waals surface area contributed by atoms with Crippen LogP contribution in [0.5, 0.6) is 5.75 Å². The van der Waals surface area contributed by atoms with E-state index in [0.29, 0.717) is 35.1 Å². The molecular formula is C25H28N4O4. The van der Waals surface area contributed by atoms with Crippen molar-refractivity contribution in [3.63, 3.8) is 0 Å².